The summed E-state index contributed by atoms with van der Waals surface area (Å²) in [5.74, 6) is 3.74. The Morgan fingerprint density at radius 2 is 1.69 bits per heavy atom. The van der Waals surface area contributed by atoms with Crippen LogP contribution in [-0.2, 0) is 9.52 Å². The lowest BCUT2D eigenvalue weighted by molar-refractivity contribution is -0.384. The summed E-state index contributed by atoms with van der Waals surface area (Å²) in [4.78, 5) is 10.5. The molecule has 0 heterocycles. The van der Waals surface area contributed by atoms with Crippen molar-refractivity contribution in [1.82, 2.24) is 0 Å². The van der Waals surface area contributed by atoms with E-state index in [1.165, 1.54) is 24.3 Å². The van der Waals surface area contributed by atoms with Gasteiger partial charge in [-0.2, -0.15) is 0 Å². The minimum absolute atomic E-state index is 0.00661. The predicted octanol–water partition coefficient (Wildman–Crippen LogP) is 2.47. The molecule has 5 heteroatoms. The second-order valence-corrected chi connectivity index (χ2v) is 7.59. The maximum Gasteiger partial charge on any atom is 0.269 e. The van der Waals surface area contributed by atoms with Crippen LogP contribution in [0.4, 0.5) is 5.69 Å². The van der Waals surface area contributed by atoms with Crippen LogP contribution < -0.4 is 0 Å². The highest BCUT2D eigenvalue weighted by Crippen LogP contribution is 2.26. The number of nitro benzene ring substituents is 1. The summed E-state index contributed by atoms with van der Waals surface area (Å²) in [5, 5.41) is 10.5. The molecule has 0 aliphatic heterocycles. The molecule has 0 aliphatic carbocycles. The smallest absolute Gasteiger partial charge is 0.263 e. The van der Waals surface area contributed by atoms with Crippen LogP contribution in [0.5, 0.6) is 0 Å². The minimum atomic E-state index is -2.44. The van der Waals surface area contributed by atoms with E-state index in [4.69, 9.17) is 0 Å². The first-order valence-corrected chi connectivity index (χ1v) is 6.50. The van der Waals surface area contributed by atoms with E-state index in [0.29, 0.717) is 4.90 Å². The van der Waals surface area contributed by atoms with Gasteiger partial charge in [-0.1, -0.05) is 0 Å². The third-order valence-electron chi connectivity index (χ3n) is 2.42. The molecule has 0 fully saturated rings. The average Bonchev–Trinajstić information content (AvgIpc) is 2.16. The molecule has 0 spiro atoms. The molecular formula is C11H15NO3S. The van der Waals surface area contributed by atoms with Crippen LogP contribution in [0, 0.1) is 10.1 Å². The fraction of sp³-hybridized carbons (Fsp3) is 0.364. The number of benzene rings is 1. The van der Waals surface area contributed by atoms with Gasteiger partial charge >= 0.3 is 0 Å². The first-order chi connectivity index (χ1) is 7.16. The summed E-state index contributed by atoms with van der Waals surface area (Å²) in [5.41, 5.74) is -0.00661. The zero-order valence-electron chi connectivity index (χ0n) is 9.60. The van der Waals surface area contributed by atoms with E-state index in [9.17, 15) is 14.3 Å². The van der Waals surface area contributed by atoms with Crippen LogP contribution in [0.15, 0.2) is 29.2 Å². The molecule has 0 amide bonds. The molecule has 0 aromatic heterocycles. The van der Waals surface area contributed by atoms with Crippen LogP contribution in [0.3, 0.4) is 0 Å². The van der Waals surface area contributed by atoms with Crippen molar-refractivity contribution >= 4 is 21.1 Å². The molecular weight excluding hydrogens is 226 g/mol. The highest BCUT2D eigenvalue weighted by molar-refractivity contribution is 8.01. The van der Waals surface area contributed by atoms with Gasteiger partial charge in [0.2, 0.25) is 0 Å². The van der Waals surface area contributed by atoms with Gasteiger partial charge in [-0.15, -0.1) is 0 Å². The van der Waals surface area contributed by atoms with Gasteiger partial charge in [0, 0.05) is 31.3 Å². The molecule has 0 bridgehead atoms. The SMILES string of the molecule is C=S(=O)(c1ccc([N+](=O)[O-])cc1)C(C)(C)C. The highest BCUT2D eigenvalue weighted by Gasteiger charge is 2.25. The molecule has 4 nitrogen and oxygen atoms in total. The van der Waals surface area contributed by atoms with Gasteiger partial charge in [0.1, 0.15) is 0 Å². The Kier molecular flexibility index (Phi) is 3.10. The zero-order chi connectivity index (χ0) is 12.6. The van der Waals surface area contributed by atoms with Crippen LogP contribution in [0.1, 0.15) is 20.8 Å². The summed E-state index contributed by atoms with van der Waals surface area (Å²) in [6, 6.07) is 5.73. The maximum absolute atomic E-state index is 12.4. The van der Waals surface area contributed by atoms with Crippen molar-refractivity contribution in [2.45, 2.75) is 30.4 Å². The van der Waals surface area contributed by atoms with E-state index >= 15 is 0 Å². The molecule has 1 aromatic carbocycles. The Morgan fingerprint density at radius 3 is 2.00 bits per heavy atom. The van der Waals surface area contributed by atoms with Gasteiger partial charge in [0.15, 0.2) is 0 Å². The molecule has 16 heavy (non-hydrogen) atoms. The molecule has 0 saturated heterocycles. The number of non-ortho nitro benzene ring substituents is 1. The summed E-state index contributed by atoms with van der Waals surface area (Å²) in [6.45, 7) is 5.51. The Labute approximate surface area is 95.5 Å². The average molecular weight is 241 g/mol. The monoisotopic (exact) mass is 241 g/mol. The third-order valence-corrected chi connectivity index (χ3v) is 5.43. The van der Waals surface area contributed by atoms with E-state index in [1.807, 2.05) is 20.8 Å². The second kappa shape index (κ2) is 3.90. The minimum Gasteiger partial charge on any atom is -0.263 e. The molecule has 1 rings (SSSR count). The van der Waals surface area contributed by atoms with E-state index in [1.54, 1.807) is 0 Å². The molecule has 0 saturated carbocycles. The zero-order valence-corrected chi connectivity index (χ0v) is 10.4. The van der Waals surface area contributed by atoms with E-state index < -0.39 is 19.2 Å². The van der Waals surface area contributed by atoms with Crippen LogP contribution in [0.25, 0.3) is 0 Å². The van der Waals surface area contributed by atoms with Gasteiger partial charge in [-0.05, 0) is 38.8 Å². The summed E-state index contributed by atoms with van der Waals surface area (Å²) >= 11 is 0. The predicted molar refractivity (Wildman–Crippen MR) is 66.4 cm³/mol. The fourth-order valence-corrected chi connectivity index (χ4v) is 2.42. The van der Waals surface area contributed by atoms with Gasteiger partial charge in [0.05, 0.1) is 4.92 Å². The number of rotatable bonds is 2. The summed E-state index contributed by atoms with van der Waals surface area (Å²) in [7, 11) is -2.44. The van der Waals surface area contributed by atoms with Gasteiger partial charge in [0.25, 0.3) is 5.69 Å². The lowest BCUT2D eigenvalue weighted by Gasteiger charge is -2.24. The van der Waals surface area contributed by atoms with E-state index in [-0.39, 0.29) is 5.69 Å². The Balaban J connectivity index is 3.23. The van der Waals surface area contributed by atoms with E-state index in [0.717, 1.165) is 0 Å². The molecule has 1 aromatic rings. The number of nitro groups is 1. The van der Waals surface area contributed by atoms with Crippen LogP contribution >= 0.6 is 0 Å². The molecule has 0 aliphatic rings. The molecule has 88 valence electrons. The van der Waals surface area contributed by atoms with Crippen molar-refractivity contribution in [3.63, 3.8) is 0 Å². The van der Waals surface area contributed by atoms with Crippen LogP contribution in [0.2, 0.25) is 0 Å². The lowest BCUT2D eigenvalue weighted by Crippen LogP contribution is -2.27. The third kappa shape index (κ3) is 2.24. The van der Waals surface area contributed by atoms with Crippen molar-refractivity contribution in [2.24, 2.45) is 0 Å². The fourth-order valence-electron chi connectivity index (χ4n) is 1.14. The lowest BCUT2D eigenvalue weighted by atomic mass is 10.3. The molecule has 0 N–H and O–H groups in total. The quantitative estimate of drug-likeness (QED) is 0.454. The number of nitrogens with zero attached hydrogens (tertiary/aromatic N) is 1. The van der Waals surface area contributed by atoms with Crippen molar-refractivity contribution < 1.29 is 9.13 Å². The second-order valence-electron chi connectivity index (χ2n) is 4.54. The Morgan fingerprint density at radius 1 is 1.25 bits per heavy atom. The molecule has 0 radical (unpaired) electrons. The molecule has 1 unspecified atom stereocenters. The van der Waals surface area contributed by atoms with Gasteiger partial charge in [-0.3, -0.25) is 14.3 Å². The van der Waals surface area contributed by atoms with Gasteiger partial charge in [-0.25, -0.2) is 0 Å². The van der Waals surface area contributed by atoms with Crippen molar-refractivity contribution in [3.8, 4) is 0 Å². The normalized spacial score (nSPS) is 15.4. The van der Waals surface area contributed by atoms with Gasteiger partial charge < -0.3 is 0 Å². The van der Waals surface area contributed by atoms with Crippen molar-refractivity contribution in [3.05, 3.63) is 34.4 Å². The first-order valence-electron chi connectivity index (χ1n) is 4.77. The number of hydrogen-bond donors (Lipinski definition) is 0. The summed E-state index contributed by atoms with van der Waals surface area (Å²) in [6.07, 6.45) is 0. The van der Waals surface area contributed by atoms with Crippen molar-refractivity contribution in [2.75, 3.05) is 0 Å². The first kappa shape index (κ1) is 12.7. The summed E-state index contributed by atoms with van der Waals surface area (Å²) < 4.78 is 11.9. The van der Waals surface area contributed by atoms with E-state index in [2.05, 4.69) is 5.87 Å². The Bertz CT molecular complexity index is 495. The van der Waals surface area contributed by atoms with Crippen LogP contribution in [-0.4, -0.2) is 19.7 Å². The maximum atomic E-state index is 12.4. The molecule has 1 atom stereocenters. The topological polar surface area (TPSA) is 60.2 Å². The largest absolute Gasteiger partial charge is 0.269 e. The highest BCUT2D eigenvalue weighted by atomic mass is 32.2. The standard InChI is InChI=1S/C11H15NO3S/c1-11(2,3)16(4,15)10-7-5-9(6-8-10)12(13)14/h5-8H,4H2,1-3H3. The van der Waals surface area contributed by atoms with Crippen molar-refractivity contribution in [1.29, 1.82) is 0 Å². The Hall–Kier alpha value is -1.36. The number of hydrogen-bond acceptors (Lipinski definition) is 3.